The maximum absolute atomic E-state index is 10.7. The highest BCUT2D eigenvalue weighted by Gasteiger charge is 2.08. The van der Waals surface area contributed by atoms with Crippen LogP contribution in [0.4, 0.5) is 5.69 Å². The number of nitro benzene ring substituents is 1. The largest absolute Gasteiger partial charge is 0.272 e. The third-order valence-electron chi connectivity index (χ3n) is 3.06. The second kappa shape index (κ2) is 5.48. The van der Waals surface area contributed by atoms with Crippen molar-refractivity contribution in [1.82, 2.24) is 0 Å². The van der Waals surface area contributed by atoms with Gasteiger partial charge in [-0.2, -0.15) is 0 Å². The summed E-state index contributed by atoms with van der Waals surface area (Å²) in [6.45, 7) is 3.81. The fourth-order valence-electron chi connectivity index (χ4n) is 1.95. The molecule has 0 atom stereocenters. The molecule has 2 rings (SSSR count). The molecule has 0 N–H and O–H groups in total. The second-order valence-electron chi connectivity index (χ2n) is 4.49. The van der Waals surface area contributed by atoms with Crippen molar-refractivity contribution >= 4 is 17.8 Å². The second-order valence-corrected chi connectivity index (χ2v) is 4.49. The third-order valence-corrected chi connectivity index (χ3v) is 3.06. The number of aryl methyl sites for hydroxylation is 2. The quantitative estimate of drug-likeness (QED) is 0.462. The Morgan fingerprint density at radius 1 is 1.00 bits per heavy atom. The molecule has 0 aliphatic heterocycles. The lowest BCUT2D eigenvalue weighted by molar-refractivity contribution is -0.385. The van der Waals surface area contributed by atoms with Crippen LogP contribution >= 0.6 is 0 Å². The average molecular weight is 253 g/mol. The Bertz CT molecular complexity index is 645. The first-order valence-electron chi connectivity index (χ1n) is 6.06. The Balaban J connectivity index is 2.27. The normalized spacial score (nSPS) is 10.8. The van der Waals surface area contributed by atoms with E-state index in [9.17, 15) is 10.1 Å². The fraction of sp³-hybridized carbons (Fsp3) is 0.125. The topological polar surface area (TPSA) is 43.1 Å². The van der Waals surface area contributed by atoms with E-state index in [-0.39, 0.29) is 10.6 Å². The van der Waals surface area contributed by atoms with Crippen molar-refractivity contribution in [3.8, 4) is 0 Å². The smallest absolute Gasteiger partial charge is 0.258 e. The molecule has 3 heteroatoms. The van der Waals surface area contributed by atoms with Crippen LogP contribution in [0.25, 0.3) is 12.2 Å². The van der Waals surface area contributed by atoms with E-state index in [2.05, 4.69) is 13.0 Å². The van der Waals surface area contributed by atoms with Crippen LogP contribution in [-0.2, 0) is 0 Å². The first-order valence-corrected chi connectivity index (χ1v) is 6.06. The van der Waals surface area contributed by atoms with Crippen LogP contribution in [0.5, 0.6) is 0 Å². The molecular formula is C16H15NO2. The van der Waals surface area contributed by atoms with E-state index < -0.39 is 0 Å². The highest BCUT2D eigenvalue weighted by molar-refractivity contribution is 5.71. The molecule has 0 heterocycles. The van der Waals surface area contributed by atoms with Gasteiger partial charge in [0, 0.05) is 11.6 Å². The minimum Gasteiger partial charge on any atom is -0.258 e. The highest BCUT2D eigenvalue weighted by Crippen LogP contribution is 2.20. The third kappa shape index (κ3) is 3.07. The van der Waals surface area contributed by atoms with Gasteiger partial charge >= 0.3 is 0 Å². The summed E-state index contributed by atoms with van der Waals surface area (Å²) in [5, 5.41) is 10.7. The summed E-state index contributed by atoms with van der Waals surface area (Å²) in [4.78, 5) is 10.4. The Morgan fingerprint density at radius 3 is 2.37 bits per heavy atom. The van der Waals surface area contributed by atoms with E-state index in [0.29, 0.717) is 5.56 Å². The SMILES string of the molecule is Cc1ccccc1C=Cc1ccc([N+](=O)[O-])c(C)c1. The van der Waals surface area contributed by atoms with Gasteiger partial charge in [0.2, 0.25) is 0 Å². The molecule has 0 unspecified atom stereocenters. The zero-order valence-electron chi connectivity index (χ0n) is 11.0. The molecule has 2 aromatic rings. The summed E-state index contributed by atoms with van der Waals surface area (Å²) in [6.07, 6.45) is 4.00. The van der Waals surface area contributed by atoms with Crippen LogP contribution in [0.1, 0.15) is 22.3 Å². The molecule has 2 aromatic carbocycles. The molecule has 0 aliphatic rings. The Labute approximate surface area is 112 Å². The Morgan fingerprint density at radius 2 is 1.74 bits per heavy atom. The predicted molar refractivity (Wildman–Crippen MR) is 77.9 cm³/mol. The Kier molecular flexibility index (Phi) is 3.76. The molecule has 0 saturated carbocycles. The molecule has 0 fully saturated rings. The van der Waals surface area contributed by atoms with Gasteiger partial charge in [0.25, 0.3) is 5.69 Å². The fourth-order valence-corrected chi connectivity index (χ4v) is 1.95. The number of hydrogen-bond acceptors (Lipinski definition) is 2. The molecule has 3 nitrogen and oxygen atoms in total. The van der Waals surface area contributed by atoms with Gasteiger partial charge in [0.05, 0.1) is 4.92 Å². The molecule has 0 amide bonds. The van der Waals surface area contributed by atoms with Crippen molar-refractivity contribution in [2.24, 2.45) is 0 Å². The van der Waals surface area contributed by atoms with E-state index in [4.69, 9.17) is 0 Å². The lowest BCUT2D eigenvalue weighted by Crippen LogP contribution is -1.91. The summed E-state index contributed by atoms with van der Waals surface area (Å²) < 4.78 is 0. The number of nitro groups is 1. The van der Waals surface area contributed by atoms with E-state index in [1.807, 2.05) is 36.4 Å². The van der Waals surface area contributed by atoms with Crippen molar-refractivity contribution in [2.45, 2.75) is 13.8 Å². The minimum atomic E-state index is -0.357. The predicted octanol–water partition coefficient (Wildman–Crippen LogP) is 4.38. The Hall–Kier alpha value is -2.42. The summed E-state index contributed by atoms with van der Waals surface area (Å²) in [5.74, 6) is 0. The van der Waals surface area contributed by atoms with Crippen LogP contribution in [0.3, 0.4) is 0 Å². The molecule has 0 aliphatic carbocycles. The molecule has 0 bridgehead atoms. The van der Waals surface area contributed by atoms with E-state index in [1.54, 1.807) is 19.1 Å². The van der Waals surface area contributed by atoms with Crippen molar-refractivity contribution < 1.29 is 4.92 Å². The summed E-state index contributed by atoms with van der Waals surface area (Å²) >= 11 is 0. The van der Waals surface area contributed by atoms with Gasteiger partial charge in [0.1, 0.15) is 0 Å². The maximum Gasteiger partial charge on any atom is 0.272 e. The van der Waals surface area contributed by atoms with Crippen molar-refractivity contribution in [3.05, 3.63) is 74.8 Å². The lowest BCUT2D eigenvalue weighted by atomic mass is 10.1. The summed E-state index contributed by atoms with van der Waals surface area (Å²) in [5.41, 5.74) is 4.16. The molecule has 96 valence electrons. The van der Waals surface area contributed by atoms with Crippen LogP contribution in [0, 0.1) is 24.0 Å². The number of rotatable bonds is 3. The number of nitrogens with zero attached hydrogens (tertiary/aromatic N) is 1. The lowest BCUT2D eigenvalue weighted by Gasteiger charge is -2.00. The van der Waals surface area contributed by atoms with Gasteiger partial charge in [0.15, 0.2) is 0 Å². The van der Waals surface area contributed by atoms with Crippen molar-refractivity contribution in [2.75, 3.05) is 0 Å². The molecule has 0 radical (unpaired) electrons. The van der Waals surface area contributed by atoms with Gasteiger partial charge in [-0.3, -0.25) is 10.1 Å². The minimum absolute atomic E-state index is 0.160. The molecule has 0 spiro atoms. The zero-order chi connectivity index (χ0) is 13.8. The summed E-state index contributed by atoms with van der Waals surface area (Å²) in [7, 11) is 0. The monoisotopic (exact) mass is 253 g/mol. The first-order chi connectivity index (χ1) is 9.08. The van der Waals surface area contributed by atoms with Crippen LogP contribution in [0.15, 0.2) is 42.5 Å². The number of hydrogen-bond donors (Lipinski definition) is 0. The van der Waals surface area contributed by atoms with E-state index >= 15 is 0 Å². The highest BCUT2D eigenvalue weighted by atomic mass is 16.6. The van der Waals surface area contributed by atoms with E-state index in [1.165, 1.54) is 5.56 Å². The van der Waals surface area contributed by atoms with Gasteiger partial charge in [-0.1, -0.05) is 36.4 Å². The van der Waals surface area contributed by atoms with Crippen LogP contribution in [-0.4, -0.2) is 4.92 Å². The maximum atomic E-state index is 10.7. The average Bonchev–Trinajstić information content (AvgIpc) is 2.37. The van der Waals surface area contributed by atoms with Crippen molar-refractivity contribution in [3.63, 3.8) is 0 Å². The molecular weight excluding hydrogens is 238 g/mol. The first kappa shape index (κ1) is 13.0. The van der Waals surface area contributed by atoms with Crippen LogP contribution < -0.4 is 0 Å². The van der Waals surface area contributed by atoms with Gasteiger partial charge in [-0.15, -0.1) is 0 Å². The van der Waals surface area contributed by atoms with Crippen LogP contribution in [0.2, 0.25) is 0 Å². The van der Waals surface area contributed by atoms with Gasteiger partial charge in [-0.05, 0) is 42.7 Å². The molecule has 0 saturated heterocycles. The van der Waals surface area contributed by atoms with Crippen molar-refractivity contribution in [1.29, 1.82) is 0 Å². The van der Waals surface area contributed by atoms with Gasteiger partial charge in [-0.25, -0.2) is 0 Å². The summed E-state index contributed by atoms with van der Waals surface area (Å²) in [6, 6.07) is 13.2. The number of benzene rings is 2. The molecule has 0 aromatic heterocycles. The van der Waals surface area contributed by atoms with Gasteiger partial charge < -0.3 is 0 Å². The molecule has 19 heavy (non-hydrogen) atoms. The standard InChI is InChI=1S/C16H15NO2/c1-12-5-3-4-6-15(12)9-7-14-8-10-16(17(18)19)13(2)11-14/h3-11H,1-2H3. The van der Waals surface area contributed by atoms with E-state index in [0.717, 1.165) is 11.1 Å². The zero-order valence-corrected chi connectivity index (χ0v) is 11.0.